The molecule has 3 aromatic rings. The maximum Gasteiger partial charge on any atom is 0.232 e. The molecule has 0 fully saturated rings. The van der Waals surface area contributed by atoms with Gasteiger partial charge in [-0.3, -0.25) is 0 Å². The van der Waals surface area contributed by atoms with Gasteiger partial charge in [0, 0.05) is 5.69 Å². The molecule has 0 unspecified atom stereocenters. The molecule has 1 aromatic heterocycles. The number of benzene rings is 2. The second-order valence-corrected chi connectivity index (χ2v) is 5.24. The van der Waals surface area contributed by atoms with Crippen molar-refractivity contribution in [2.24, 2.45) is 0 Å². The third-order valence-electron chi connectivity index (χ3n) is 3.39. The summed E-state index contributed by atoms with van der Waals surface area (Å²) in [5.41, 5.74) is 8.08. The number of hydrogen-bond donors (Lipinski definition) is 2. The van der Waals surface area contributed by atoms with E-state index < -0.39 is 0 Å². The molecule has 0 aliphatic rings. The van der Waals surface area contributed by atoms with Crippen molar-refractivity contribution in [1.29, 1.82) is 10.5 Å². The van der Waals surface area contributed by atoms with Gasteiger partial charge in [0.05, 0.1) is 17.2 Å². The molecule has 0 saturated heterocycles. The monoisotopic (exact) mass is 339 g/mol. The first kappa shape index (κ1) is 16.6. The van der Waals surface area contributed by atoms with Crippen molar-refractivity contribution < 1.29 is 0 Å². The molecule has 1 heterocycles. The number of nitrogens with two attached hydrogens (primary N) is 1. The van der Waals surface area contributed by atoms with E-state index in [-0.39, 0.29) is 23.3 Å². The van der Waals surface area contributed by atoms with Gasteiger partial charge in [0.15, 0.2) is 5.82 Å². The second kappa shape index (κ2) is 7.56. The van der Waals surface area contributed by atoms with Gasteiger partial charge in [-0.25, -0.2) is 0 Å². The summed E-state index contributed by atoms with van der Waals surface area (Å²) in [7, 11) is 0. The Balaban J connectivity index is 1.94. The maximum absolute atomic E-state index is 9.48. The maximum atomic E-state index is 9.48. The largest absolute Gasteiger partial charge is 0.368 e. The SMILES string of the molecule is N#CC(=Cc1ccc(C#N)cc1)c1nc(N)nc(Nc2ccccc2)n1. The lowest BCUT2D eigenvalue weighted by atomic mass is 10.1. The minimum Gasteiger partial charge on any atom is -0.368 e. The van der Waals surface area contributed by atoms with Crippen LogP contribution in [0.1, 0.15) is 17.0 Å². The summed E-state index contributed by atoms with van der Waals surface area (Å²) >= 11 is 0. The topological polar surface area (TPSA) is 124 Å². The molecule has 3 N–H and O–H groups in total. The minimum atomic E-state index is 0.00871. The average molecular weight is 339 g/mol. The van der Waals surface area contributed by atoms with Crippen molar-refractivity contribution >= 4 is 29.2 Å². The van der Waals surface area contributed by atoms with Crippen LogP contribution in [-0.4, -0.2) is 15.0 Å². The molecule has 0 aliphatic carbocycles. The number of nitriles is 2. The number of nitrogens with zero attached hydrogens (tertiary/aromatic N) is 5. The molecule has 0 spiro atoms. The predicted molar refractivity (Wildman–Crippen MR) is 98.6 cm³/mol. The molecule has 7 heteroatoms. The van der Waals surface area contributed by atoms with Crippen LogP contribution in [0.15, 0.2) is 54.6 Å². The van der Waals surface area contributed by atoms with Crippen molar-refractivity contribution in [3.05, 3.63) is 71.5 Å². The molecule has 0 atom stereocenters. The van der Waals surface area contributed by atoms with Gasteiger partial charge in [0.2, 0.25) is 11.9 Å². The summed E-state index contributed by atoms with van der Waals surface area (Å²) in [6.07, 6.45) is 1.63. The Morgan fingerprint density at radius 1 is 0.962 bits per heavy atom. The Morgan fingerprint density at radius 2 is 1.69 bits per heavy atom. The third kappa shape index (κ3) is 3.99. The average Bonchev–Trinajstić information content (AvgIpc) is 2.67. The number of hydrogen-bond acceptors (Lipinski definition) is 7. The van der Waals surface area contributed by atoms with Crippen molar-refractivity contribution in [3.8, 4) is 12.1 Å². The molecule has 7 nitrogen and oxygen atoms in total. The highest BCUT2D eigenvalue weighted by Crippen LogP contribution is 2.18. The highest BCUT2D eigenvalue weighted by Gasteiger charge is 2.10. The lowest BCUT2D eigenvalue weighted by Crippen LogP contribution is -2.06. The van der Waals surface area contributed by atoms with Crippen molar-refractivity contribution in [2.45, 2.75) is 0 Å². The van der Waals surface area contributed by atoms with Gasteiger partial charge in [-0.05, 0) is 35.9 Å². The summed E-state index contributed by atoms with van der Waals surface area (Å²) < 4.78 is 0. The Hall–Kier alpha value is -4.23. The fraction of sp³-hybridized carbons (Fsp3) is 0. The van der Waals surface area contributed by atoms with Crippen LogP contribution in [0.5, 0.6) is 0 Å². The lowest BCUT2D eigenvalue weighted by Gasteiger charge is -2.07. The standard InChI is InChI=1S/C19H13N7/c20-11-14-8-6-13(7-9-14)10-15(12-21)17-24-18(22)26-19(25-17)23-16-4-2-1-3-5-16/h1-10H,(H3,22,23,24,25,26). The van der Waals surface area contributed by atoms with Crippen LogP contribution in [0, 0.1) is 22.7 Å². The van der Waals surface area contributed by atoms with Crippen LogP contribution in [0.4, 0.5) is 17.6 Å². The van der Waals surface area contributed by atoms with Gasteiger partial charge >= 0.3 is 0 Å². The zero-order valence-corrected chi connectivity index (χ0v) is 13.6. The van der Waals surface area contributed by atoms with Crippen molar-refractivity contribution in [2.75, 3.05) is 11.1 Å². The zero-order valence-electron chi connectivity index (χ0n) is 13.6. The Bertz CT molecular complexity index is 1030. The lowest BCUT2D eigenvalue weighted by molar-refractivity contribution is 1.04. The van der Waals surface area contributed by atoms with E-state index in [4.69, 9.17) is 11.0 Å². The van der Waals surface area contributed by atoms with E-state index in [1.54, 1.807) is 30.3 Å². The molecule has 124 valence electrons. The number of para-hydroxylation sites is 1. The summed E-state index contributed by atoms with van der Waals surface area (Å²) in [5, 5.41) is 21.4. The summed E-state index contributed by atoms with van der Waals surface area (Å²) in [6, 6.07) is 20.3. The van der Waals surface area contributed by atoms with E-state index >= 15 is 0 Å². The van der Waals surface area contributed by atoms with Gasteiger partial charge in [0.25, 0.3) is 0 Å². The quantitative estimate of drug-likeness (QED) is 0.699. The van der Waals surface area contributed by atoms with Gasteiger partial charge in [-0.2, -0.15) is 25.5 Å². The van der Waals surface area contributed by atoms with E-state index in [1.165, 1.54) is 0 Å². The third-order valence-corrected chi connectivity index (χ3v) is 3.39. The van der Waals surface area contributed by atoms with Crippen LogP contribution in [0.2, 0.25) is 0 Å². The number of rotatable bonds is 4. The number of aromatic nitrogens is 3. The normalized spacial score (nSPS) is 10.6. The predicted octanol–water partition coefficient (Wildman–Crippen LogP) is 3.13. The first-order valence-corrected chi connectivity index (χ1v) is 7.64. The van der Waals surface area contributed by atoms with E-state index in [0.717, 1.165) is 11.3 Å². The highest BCUT2D eigenvalue weighted by molar-refractivity contribution is 5.87. The number of nitrogen functional groups attached to an aromatic ring is 1. The first-order valence-electron chi connectivity index (χ1n) is 7.64. The van der Waals surface area contributed by atoms with Crippen LogP contribution in [-0.2, 0) is 0 Å². The van der Waals surface area contributed by atoms with E-state index in [9.17, 15) is 5.26 Å². The number of allylic oxidation sites excluding steroid dienone is 1. The van der Waals surface area contributed by atoms with Gasteiger partial charge in [0.1, 0.15) is 6.07 Å². The van der Waals surface area contributed by atoms with E-state index in [1.807, 2.05) is 36.4 Å². The van der Waals surface area contributed by atoms with Gasteiger partial charge < -0.3 is 11.1 Å². The summed E-state index contributed by atoms with van der Waals surface area (Å²) in [6.45, 7) is 0. The molecule has 3 rings (SSSR count). The second-order valence-electron chi connectivity index (χ2n) is 5.24. The Morgan fingerprint density at radius 3 is 2.35 bits per heavy atom. The molecule has 0 radical (unpaired) electrons. The van der Waals surface area contributed by atoms with E-state index in [2.05, 4.69) is 26.3 Å². The zero-order chi connectivity index (χ0) is 18.4. The van der Waals surface area contributed by atoms with Crippen LogP contribution < -0.4 is 11.1 Å². The Kier molecular flexibility index (Phi) is 4.83. The fourth-order valence-corrected chi connectivity index (χ4v) is 2.19. The summed E-state index contributed by atoms with van der Waals surface area (Å²) in [5.74, 6) is 0.428. The Labute approximate surface area is 150 Å². The number of anilines is 3. The number of nitrogens with one attached hydrogen (secondary N) is 1. The molecule has 0 amide bonds. The molecular weight excluding hydrogens is 326 g/mol. The molecule has 0 saturated carbocycles. The molecule has 0 bridgehead atoms. The highest BCUT2D eigenvalue weighted by atomic mass is 15.2. The van der Waals surface area contributed by atoms with Crippen LogP contribution >= 0.6 is 0 Å². The summed E-state index contributed by atoms with van der Waals surface area (Å²) in [4.78, 5) is 12.4. The molecular formula is C19H13N7. The van der Waals surface area contributed by atoms with Crippen molar-refractivity contribution in [1.82, 2.24) is 15.0 Å². The molecule has 26 heavy (non-hydrogen) atoms. The van der Waals surface area contributed by atoms with Crippen molar-refractivity contribution in [3.63, 3.8) is 0 Å². The first-order chi connectivity index (χ1) is 12.7. The van der Waals surface area contributed by atoms with Gasteiger partial charge in [-0.15, -0.1) is 0 Å². The fourth-order valence-electron chi connectivity index (χ4n) is 2.19. The smallest absolute Gasteiger partial charge is 0.232 e. The van der Waals surface area contributed by atoms with Gasteiger partial charge in [-0.1, -0.05) is 30.3 Å². The van der Waals surface area contributed by atoms with Crippen LogP contribution in [0.25, 0.3) is 11.6 Å². The van der Waals surface area contributed by atoms with E-state index in [0.29, 0.717) is 5.56 Å². The van der Waals surface area contributed by atoms with Crippen LogP contribution in [0.3, 0.4) is 0 Å². The minimum absolute atomic E-state index is 0.00871. The molecule has 2 aromatic carbocycles. The molecule has 0 aliphatic heterocycles.